The molecule has 1 heteroatoms. The highest BCUT2D eigenvalue weighted by Crippen LogP contribution is 2.38. The van der Waals surface area contributed by atoms with Crippen molar-refractivity contribution < 1.29 is 4.74 Å². The molecule has 3 aromatic rings. The first-order valence-corrected chi connectivity index (χ1v) is 11.9. The molecule has 164 valence electrons. The molecule has 0 unspecified atom stereocenters. The minimum Gasteiger partial charge on any atom is -0.494 e. The van der Waals surface area contributed by atoms with E-state index in [1.54, 1.807) is 16.7 Å². The first-order chi connectivity index (χ1) is 14.6. The summed E-state index contributed by atoms with van der Waals surface area (Å²) < 4.78 is 6.21. The molecule has 1 aliphatic rings. The van der Waals surface area contributed by atoms with Gasteiger partial charge in [-0.2, -0.15) is 0 Å². The average Bonchev–Trinajstić information content (AvgIpc) is 2.66. The summed E-state index contributed by atoms with van der Waals surface area (Å²) in [6, 6.07) is 18.1. The van der Waals surface area contributed by atoms with Crippen LogP contribution in [-0.4, -0.2) is 6.61 Å². The number of benzene rings is 3. The second kappa shape index (κ2) is 8.34. The molecule has 0 saturated heterocycles. The molecule has 3 aromatic carbocycles. The first-order valence-electron chi connectivity index (χ1n) is 11.9. The van der Waals surface area contributed by atoms with Crippen molar-refractivity contribution in [1.29, 1.82) is 0 Å². The third kappa shape index (κ3) is 4.66. The fourth-order valence-electron chi connectivity index (χ4n) is 4.89. The molecule has 0 saturated carbocycles. The number of rotatable bonds is 6. The van der Waals surface area contributed by atoms with Crippen LogP contribution >= 0.6 is 0 Å². The number of fused-ring (bicyclic) bond motifs is 2. The lowest BCUT2D eigenvalue weighted by atomic mass is 9.78. The molecule has 0 heterocycles. The van der Waals surface area contributed by atoms with Crippen molar-refractivity contribution in [1.82, 2.24) is 0 Å². The summed E-state index contributed by atoms with van der Waals surface area (Å²) >= 11 is 0. The molecular weight excluding hydrogens is 376 g/mol. The van der Waals surface area contributed by atoms with Crippen molar-refractivity contribution >= 4 is 10.8 Å². The van der Waals surface area contributed by atoms with Crippen molar-refractivity contribution in [2.75, 3.05) is 6.61 Å². The molecule has 0 aliphatic heterocycles. The summed E-state index contributed by atoms with van der Waals surface area (Å²) in [5, 5.41) is 2.69. The lowest BCUT2D eigenvalue weighted by molar-refractivity contribution is 0.307. The molecule has 0 aromatic heterocycles. The average molecular weight is 415 g/mol. The van der Waals surface area contributed by atoms with Gasteiger partial charge in [0.1, 0.15) is 5.75 Å². The van der Waals surface area contributed by atoms with Gasteiger partial charge in [0, 0.05) is 0 Å². The standard InChI is InChI=1S/C30H38O/c1-29(2,3)27-17-18-28(30(4,5)6)26-20-23(14-16-25(26)27)31-19-8-7-10-21-11-9-12-22-13-15-24(21)22/h9,11-12,14,16-18,20H,7-8,10,13,15,19H2,1-6H3. The fraction of sp³-hybridized carbons (Fsp3) is 0.467. The van der Waals surface area contributed by atoms with Gasteiger partial charge in [0.05, 0.1) is 6.61 Å². The Morgan fingerprint density at radius 3 is 2.10 bits per heavy atom. The molecule has 1 nitrogen and oxygen atoms in total. The number of aryl methyl sites for hydroxylation is 2. The quantitative estimate of drug-likeness (QED) is 0.372. The minimum atomic E-state index is 0.102. The van der Waals surface area contributed by atoms with Gasteiger partial charge in [0.25, 0.3) is 0 Å². The third-order valence-electron chi connectivity index (χ3n) is 6.73. The normalized spacial score (nSPS) is 13.7. The number of ether oxygens (including phenoxy) is 1. The van der Waals surface area contributed by atoms with E-state index in [1.165, 1.54) is 47.6 Å². The van der Waals surface area contributed by atoms with Gasteiger partial charge in [-0.1, -0.05) is 77.9 Å². The summed E-state index contributed by atoms with van der Waals surface area (Å²) in [5.41, 5.74) is 7.75. The molecule has 0 amide bonds. The van der Waals surface area contributed by atoms with Crippen molar-refractivity contribution in [3.63, 3.8) is 0 Å². The van der Waals surface area contributed by atoms with E-state index in [2.05, 4.69) is 90.1 Å². The summed E-state index contributed by atoms with van der Waals surface area (Å²) in [6.07, 6.45) is 5.99. The Morgan fingerprint density at radius 1 is 0.742 bits per heavy atom. The van der Waals surface area contributed by atoms with Crippen LogP contribution in [0.5, 0.6) is 5.75 Å². The van der Waals surface area contributed by atoms with Gasteiger partial charge in [-0.3, -0.25) is 0 Å². The molecule has 0 spiro atoms. The first kappa shape index (κ1) is 21.9. The zero-order valence-electron chi connectivity index (χ0n) is 20.3. The van der Waals surface area contributed by atoms with Crippen LogP contribution in [0.3, 0.4) is 0 Å². The number of unbranched alkanes of at least 4 members (excludes halogenated alkanes) is 1. The lowest BCUT2D eigenvalue weighted by Crippen LogP contribution is -2.16. The second-order valence-corrected chi connectivity index (χ2v) is 11.2. The Hall–Kier alpha value is -2.28. The monoisotopic (exact) mass is 414 g/mol. The summed E-state index contributed by atoms with van der Waals surface area (Å²) in [7, 11) is 0. The molecule has 1 aliphatic carbocycles. The third-order valence-corrected chi connectivity index (χ3v) is 6.73. The Morgan fingerprint density at radius 2 is 1.45 bits per heavy atom. The van der Waals surface area contributed by atoms with Crippen molar-refractivity contribution in [3.8, 4) is 5.75 Å². The van der Waals surface area contributed by atoms with E-state index in [1.807, 2.05) is 0 Å². The highest BCUT2D eigenvalue weighted by Gasteiger charge is 2.23. The molecule has 0 radical (unpaired) electrons. The maximum absolute atomic E-state index is 6.21. The van der Waals surface area contributed by atoms with Gasteiger partial charge < -0.3 is 4.74 Å². The highest BCUT2D eigenvalue weighted by molar-refractivity contribution is 5.91. The Balaban J connectivity index is 1.46. The lowest BCUT2D eigenvalue weighted by Gasteiger charge is -2.27. The van der Waals surface area contributed by atoms with E-state index in [0.29, 0.717) is 0 Å². The summed E-state index contributed by atoms with van der Waals surface area (Å²) in [4.78, 5) is 0. The Bertz CT molecular complexity index is 1080. The summed E-state index contributed by atoms with van der Waals surface area (Å²) in [5.74, 6) is 0.993. The van der Waals surface area contributed by atoms with E-state index in [4.69, 9.17) is 4.74 Å². The Labute approximate surface area is 188 Å². The predicted octanol–water partition coefficient (Wildman–Crippen LogP) is 7.94. The van der Waals surface area contributed by atoms with Gasteiger partial charge in [0.2, 0.25) is 0 Å². The molecule has 0 fully saturated rings. The van der Waals surface area contributed by atoms with Crippen molar-refractivity contribution in [3.05, 3.63) is 76.3 Å². The predicted molar refractivity (Wildman–Crippen MR) is 134 cm³/mol. The zero-order chi connectivity index (χ0) is 22.2. The minimum absolute atomic E-state index is 0.102. The second-order valence-electron chi connectivity index (χ2n) is 11.2. The zero-order valence-corrected chi connectivity index (χ0v) is 20.3. The largest absolute Gasteiger partial charge is 0.494 e. The van der Waals surface area contributed by atoms with Crippen LogP contribution in [0.25, 0.3) is 10.8 Å². The van der Waals surface area contributed by atoms with E-state index < -0.39 is 0 Å². The van der Waals surface area contributed by atoms with Crippen LogP contribution in [0, 0.1) is 0 Å². The van der Waals surface area contributed by atoms with Gasteiger partial charge in [-0.25, -0.2) is 0 Å². The van der Waals surface area contributed by atoms with Crippen LogP contribution < -0.4 is 4.74 Å². The molecule has 4 rings (SSSR count). The van der Waals surface area contributed by atoms with Crippen LogP contribution in [0.2, 0.25) is 0 Å². The summed E-state index contributed by atoms with van der Waals surface area (Å²) in [6.45, 7) is 14.6. The Kier molecular flexibility index (Phi) is 5.90. The van der Waals surface area contributed by atoms with E-state index in [-0.39, 0.29) is 10.8 Å². The van der Waals surface area contributed by atoms with Gasteiger partial charge in [-0.05, 0) is 93.7 Å². The van der Waals surface area contributed by atoms with Crippen LogP contribution in [0.15, 0.2) is 48.5 Å². The van der Waals surface area contributed by atoms with Crippen molar-refractivity contribution in [2.45, 2.75) is 84.5 Å². The highest BCUT2D eigenvalue weighted by atomic mass is 16.5. The molecule has 0 bridgehead atoms. The van der Waals surface area contributed by atoms with E-state index in [0.717, 1.165) is 18.8 Å². The number of hydrogen-bond acceptors (Lipinski definition) is 1. The fourth-order valence-corrected chi connectivity index (χ4v) is 4.89. The topological polar surface area (TPSA) is 9.23 Å². The molecular formula is C30H38O. The number of hydrogen-bond donors (Lipinski definition) is 0. The van der Waals surface area contributed by atoms with Gasteiger partial charge in [-0.15, -0.1) is 0 Å². The van der Waals surface area contributed by atoms with Gasteiger partial charge in [0.15, 0.2) is 0 Å². The van der Waals surface area contributed by atoms with Gasteiger partial charge >= 0.3 is 0 Å². The smallest absolute Gasteiger partial charge is 0.119 e. The maximum atomic E-state index is 6.21. The van der Waals surface area contributed by atoms with E-state index in [9.17, 15) is 0 Å². The van der Waals surface area contributed by atoms with Crippen LogP contribution in [0.1, 0.15) is 82.2 Å². The molecule has 0 N–H and O–H groups in total. The molecule has 0 atom stereocenters. The molecule has 31 heavy (non-hydrogen) atoms. The van der Waals surface area contributed by atoms with Crippen LogP contribution in [0.4, 0.5) is 0 Å². The SMILES string of the molecule is CC(C)(C)c1ccc(C(C)(C)C)c2cc(OCCCCc3cccc4c3CC4)ccc12. The van der Waals surface area contributed by atoms with E-state index >= 15 is 0 Å². The maximum Gasteiger partial charge on any atom is 0.119 e. The van der Waals surface area contributed by atoms with Crippen molar-refractivity contribution in [2.24, 2.45) is 0 Å². The van der Waals surface area contributed by atoms with Crippen LogP contribution in [-0.2, 0) is 30.1 Å².